The van der Waals surface area contributed by atoms with Crippen LogP contribution >= 0.6 is 0 Å². The Kier molecular flexibility index (Phi) is 6.85. The highest BCUT2D eigenvalue weighted by Crippen LogP contribution is 2.27. The maximum Gasteiger partial charge on any atom is 0.234 e. The zero-order chi connectivity index (χ0) is 18.4. The SMILES string of the molecule is CC(C)c1ccc(OCCNC(=O)CN2CCC(N)C(C)(C)C2)cc1. The van der Waals surface area contributed by atoms with E-state index in [1.165, 1.54) is 5.56 Å². The molecule has 0 bridgehead atoms. The zero-order valence-corrected chi connectivity index (χ0v) is 16.0. The van der Waals surface area contributed by atoms with Crippen LogP contribution in [0.5, 0.6) is 5.75 Å². The van der Waals surface area contributed by atoms with E-state index in [2.05, 4.69) is 50.0 Å². The number of nitrogens with zero attached hydrogens (tertiary/aromatic N) is 1. The van der Waals surface area contributed by atoms with E-state index in [1.807, 2.05) is 12.1 Å². The van der Waals surface area contributed by atoms with Gasteiger partial charge in [-0.2, -0.15) is 0 Å². The number of amides is 1. The largest absolute Gasteiger partial charge is 0.492 e. The van der Waals surface area contributed by atoms with Crippen LogP contribution in [0.4, 0.5) is 0 Å². The summed E-state index contributed by atoms with van der Waals surface area (Å²) in [6.07, 6.45) is 0.940. The molecule has 0 saturated carbocycles. The summed E-state index contributed by atoms with van der Waals surface area (Å²) in [5, 5.41) is 2.93. The van der Waals surface area contributed by atoms with Crippen molar-refractivity contribution in [3.05, 3.63) is 29.8 Å². The van der Waals surface area contributed by atoms with E-state index in [4.69, 9.17) is 10.5 Å². The molecule has 0 radical (unpaired) electrons. The van der Waals surface area contributed by atoms with Gasteiger partial charge in [0.05, 0.1) is 13.1 Å². The Hall–Kier alpha value is -1.59. The molecule has 1 atom stereocenters. The molecular formula is C20H33N3O2. The van der Waals surface area contributed by atoms with E-state index in [0.717, 1.165) is 25.3 Å². The minimum Gasteiger partial charge on any atom is -0.492 e. The van der Waals surface area contributed by atoms with Gasteiger partial charge in [0.2, 0.25) is 5.91 Å². The lowest BCUT2D eigenvalue weighted by Gasteiger charge is -2.42. The molecule has 1 aliphatic heterocycles. The Labute approximate surface area is 151 Å². The van der Waals surface area contributed by atoms with Gasteiger partial charge in [0.25, 0.3) is 0 Å². The van der Waals surface area contributed by atoms with Gasteiger partial charge in [-0.05, 0) is 35.4 Å². The lowest BCUT2D eigenvalue weighted by Crippen LogP contribution is -2.54. The van der Waals surface area contributed by atoms with Crippen molar-refractivity contribution in [1.82, 2.24) is 10.2 Å². The predicted molar refractivity (Wildman–Crippen MR) is 102 cm³/mol. The van der Waals surface area contributed by atoms with E-state index in [9.17, 15) is 4.79 Å². The van der Waals surface area contributed by atoms with Crippen LogP contribution in [0.15, 0.2) is 24.3 Å². The van der Waals surface area contributed by atoms with Gasteiger partial charge in [-0.15, -0.1) is 0 Å². The topological polar surface area (TPSA) is 67.6 Å². The Bertz CT molecular complexity index is 555. The van der Waals surface area contributed by atoms with Crippen molar-refractivity contribution in [2.75, 3.05) is 32.8 Å². The van der Waals surface area contributed by atoms with Crippen LogP contribution in [0, 0.1) is 5.41 Å². The van der Waals surface area contributed by atoms with Crippen LogP contribution in [-0.4, -0.2) is 49.6 Å². The highest BCUT2D eigenvalue weighted by Gasteiger charge is 2.33. The molecule has 3 N–H and O–H groups in total. The Balaban J connectivity index is 1.65. The van der Waals surface area contributed by atoms with Gasteiger partial charge in [-0.1, -0.05) is 39.8 Å². The molecule has 0 spiro atoms. The third-order valence-corrected chi connectivity index (χ3v) is 5.00. The van der Waals surface area contributed by atoms with Gasteiger partial charge < -0.3 is 15.8 Å². The van der Waals surface area contributed by atoms with Gasteiger partial charge in [-0.25, -0.2) is 0 Å². The monoisotopic (exact) mass is 347 g/mol. The first-order valence-corrected chi connectivity index (χ1v) is 9.25. The number of likely N-dealkylation sites (tertiary alicyclic amines) is 1. The molecule has 0 aromatic heterocycles. The molecule has 1 saturated heterocycles. The van der Waals surface area contributed by atoms with Crippen molar-refractivity contribution in [3.8, 4) is 5.75 Å². The standard InChI is InChI=1S/C20H33N3O2/c1-15(2)16-5-7-17(8-6-16)25-12-10-22-19(24)13-23-11-9-18(21)20(3,4)14-23/h5-8,15,18H,9-14,21H2,1-4H3,(H,22,24). The fourth-order valence-electron chi connectivity index (χ4n) is 3.19. The van der Waals surface area contributed by atoms with Gasteiger partial charge in [-0.3, -0.25) is 9.69 Å². The lowest BCUT2D eigenvalue weighted by atomic mass is 9.80. The summed E-state index contributed by atoms with van der Waals surface area (Å²) in [5.41, 5.74) is 7.50. The molecule has 140 valence electrons. The average Bonchev–Trinajstić information content (AvgIpc) is 2.55. The van der Waals surface area contributed by atoms with E-state index < -0.39 is 0 Å². The molecule has 1 heterocycles. The van der Waals surface area contributed by atoms with E-state index in [1.54, 1.807) is 0 Å². The summed E-state index contributed by atoms with van der Waals surface area (Å²) in [5.74, 6) is 1.40. The van der Waals surface area contributed by atoms with Crippen LogP contribution in [0.2, 0.25) is 0 Å². The molecule has 5 nitrogen and oxygen atoms in total. The highest BCUT2D eigenvalue weighted by molar-refractivity contribution is 5.78. The minimum atomic E-state index is 0.0463. The molecule has 1 aromatic rings. The third-order valence-electron chi connectivity index (χ3n) is 5.00. The minimum absolute atomic E-state index is 0.0463. The van der Waals surface area contributed by atoms with Crippen LogP contribution in [-0.2, 0) is 4.79 Å². The Morgan fingerprint density at radius 3 is 2.64 bits per heavy atom. The van der Waals surface area contributed by atoms with E-state index >= 15 is 0 Å². The number of carbonyl (C=O) groups is 1. The van der Waals surface area contributed by atoms with Crippen LogP contribution < -0.4 is 15.8 Å². The van der Waals surface area contributed by atoms with E-state index in [-0.39, 0.29) is 17.4 Å². The van der Waals surface area contributed by atoms with Crippen molar-refractivity contribution in [2.24, 2.45) is 11.1 Å². The second-order valence-corrected chi connectivity index (χ2v) is 8.02. The number of piperidine rings is 1. The molecule has 1 unspecified atom stereocenters. The zero-order valence-electron chi connectivity index (χ0n) is 16.0. The fraction of sp³-hybridized carbons (Fsp3) is 0.650. The summed E-state index contributed by atoms with van der Waals surface area (Å²) < 4.78 is 5.68. The second-order valence-electron chi connectivity index (χ2n) is 8.02. The summed E-state index contributed by atoms with van der Waals surface area (Å²) >= 11 is 0. The number of rotatable bonds is 7. The number of ether oxygens (including phenoxy) is 1. The molecule has 0 aliphatic carbocycles. The first-order valence-electron chi connectivity index (χ1n) is 9.25. The molecule has 1 fully saturated rings. The van der Waals surface area contributed by atoms with Crippen molar-refractivity contribution in [1.29, 1.82) is 0 Å². The summed E-state index contributed by atoms with van der Waals surface area (Å²) in [7, 11) is 0. The molecule has 1 aliphatic rings. The fourth-order valence-corrected chi connectivity index (χ4v) is 3.19. The normalized spacial score (nSPS) is 20.5. The second kappa shape index (κ2) is 8.68. The van der Waals surface area contributed by atoms with Crippen LogP contribution in [0.1, 0.15) is 45.6 Å². The first-order chi connectivity index (χ1) is 11.8. The van der Waals surface area contributed by atoms with Crippen molar-refractivity contribution < 1.29 is 9.53 Å². The highest BCUT2D eigenvalue weighted by atomic mass is 16.5. The first kappa shape index (κ1) is 19.7. The number of hydrogen-bond donors (Lipinski definition) is 2. The van der Waals surface area contributed by atoms with Gasteiger partial charge >= 0.3 is 0 Å². The van der Waals surface area contributed by atoms with Crippen LogP contribution in [0.25, 0.3) is 0 Å². The van der Waals surface area contributed by atoms with Gasteiger partial charge in [0, 0.05) is 19.1 Å². The summed E-state index contributed by atoms with van der Waals surface area (Å²) in [6, 6.07) is 8.34. The molecule has 5 heteroatoms. The maximum atomic E-state index is 12.1. The number of carbonyl (C=O) groups excluding carboxylic acids is 1. The van der Waals surface area contributed by atoms with Crippen molar-refractivity contribution in [2.45, 2.75) is 46.1 Å². The Morgan fingerprint density at radius 2 is 2.04 bits per heavy atom. The van der Waals surface area contributed by atoms with Crippen molar-refractivity contribution in [3.63, 3.8) is 0 Å². The van der Waals surface area contributed by atoms with Crippen molar-refractivity contribution >= 4 is 5.91 Å². The number of benzene rings is 1. The van der Waals surface area contributed by atoms with Gasteiger partial charge in [0.15, 0.2) is 0 Å². The summed E-state index contributed by atoms with van der Waals surface area (Å²) in [4.78, 5) is 14.3. The van der Waals surface area contributed by atoms with E-state index in [0.29, 0.717) is 25.6 Å². The Morgan fingerprint density at radius 1 is 1.36 bits per heavy atom. The number of nitrogens with one attached hydrogen (secondary N) is 1. The predicted octanol–water partition coefficient (Wildman–Crippen LogP) is 2.36. The number of nitrogens with two attached hydrogens (primary N) is 1. The molecule has 1 amide bonds. The van der Waals surface area contributed by atoms with Gasteiger partial charge in [0.1, 0.15) is 12.4 Å². The third kappa shape index (κ3) is 6.01. The summed E-state index contributed by atoms with van der Waals surface area (Å²) in [6.45, 7) is 11.8. The molecule has 1 aromatic carbocycles. The smallest absolute Gasteiger partial charge is 0.234 e. The molecular weight excluding hydrogens is 314 g/mol. The quantitative estimate of drug-likeness (QED) is 0.743. The molecule has 25 heavy (non-hydrogen) atoms. The average molecular weight is 348 g/mol. The maximum absolute atomic E-state index is 12.1. The van der Waals surface area contributed by atoms with Crippen LogP contribution in [0.3, 0.4) is 0 Å². The molecule has 2 rings (SSSR count). The number of hydrogen-bond acceptors (Lipinski definition) is 4. The lowest BCUT2D eigenvalue weighted by molar-refractivity contribution is -0.123.